The highest BCUT2D eigenvalue weighted by Crippen LogP contribution is 2.12. The maximum absolute atomic E-state index is 11.0. The summed E-state index contributed by atoms with van der Waals surface area (Å²) < 4.78 is 12.0. The monoisotopic (exact) mass is 160 g/mol. The fourth-order valence-electron chi connectivity index (χ4n) is 0.535. The van der Waals surface area contributed by atoms with Crippen LogP contribution in [0.25, 0.3) is 0 Å². The average Bonchev–Trinajstić information content (AvgIpc) is 2.37. The highest BCUT2D eigenvalue weighted by Gasteiger charge is 1.98. The standard InChI is InChI=1S/C6H8OS2/c1-2-9(7)6-4-3-5-8-6/h3-5H,2H2,1H3. The third kappa shape index (κ3) is 1.63. The molecule has 0 N–H and O–H groups in total. The molecule has 50 valence electrons. The zero-order valence-corrected chi connectivity index (χ0v) is 6.80. The van der Waals surface area contributed by atoms with Crippen molar-refractivity contribution < 1.29 is 4.21 Å². The third-order valence-electron chi connectivity index (χ3n) is 0.982. The Labute approximate surface area is 61.2 Å². The molecule has 0 aliphatic carbocycles. The molecule has 0 saturated carbocycles. The molecule has 0 aliphatic rings. The smallest absolute Gasteiger partial charge is 0.0910 e. The van der Waals surface area contributed by atoms with E-state index in [0.29, 0.717) is 0 Å². The SMILES string of the molecule is CCS(=O)c1cccs1. The Hall–Kier alpha value is -0.150. The minimum atomic E-state index is -0.741. The van der Waals surface area contributed by atoms with Gasteiger partial charge in [0.2, 0.25) is 0 Å². The molecule has 1 unspecified atom stereocenters. The highest BCUT2D eigenvalue weighted by atomic mass is 32.2. The summed E-state index contributed by atoms with van der Waals surface area (Å²) in [5, 5.41) is 1.95. The lowest BCUT2D eigenvalue weighted by molar-refractivity contribution is 0.685. The quantitative estimate of drug-likeness (QED) is 0.645. The van der Waals surface area contributed by atoms with Gasteiger partial charge in [0, 0.05) is 5.75 Å². The van der Waals surface area contributed by atoms with Gasteiger partial charge in [-0.25, -0.2) is 0 Å². The molecule has 0 amide bonds. The van der Waals surface area contributed by atoms with Crippen LogP contribution >= 0.6 is 11.3 Å². The summed E-state index contributed by atoms with van der Waals surface area (Å²) >= 11 is 1.56. The molecular formula is C6H8OS2. The van der Waals surface area contributed by atoms with Gasteiger partial charge in [0.15, 0.2) is 0 Å². The van der Waals surface area contributed by atoms with Crippen molar-refractivity contribution in [1.29, 1.82) is 0 Å². The normalized spacial score (nSPS) is 13.4. The van der Waals surface area contributed by atoms with Gasteiger partial charge in [-0.1, -0.05) is 13.0 Å². The van der Waals surface area contributed by atoms with E-state index < -0.39 is 10.8 Å². The topological polar surface area (TPSA) is 17.1 Å². The van der Waals surface area contributed by atoms with E-state index in [2.05, 4.69) is 0 Å². The predicted octanol–water partition coefficient (Wildman–Crippen LogP) is 1.88. The van der Waals surface area contributed by atoms with E-state index in [1.807, 2.05) is 24.4 Å². The van der Waals surface area contributed by atoms with Crippen LogP contribution in [0.15, 0.2) is 21.7 Å². The van der Waals surface area contributed by atoms with Crippen molar-refractivity contribution >= 4 is 22.1 Å². The largest absolute Gasteiger partial charge is 0.254 e. The Kier molecular flexibility index (Phi) is 2.42. The lowest BCUT2D eigenvalue weighted by atomic mass is 10.7. The lowest BCUT2D eigenvalue weighted by Gasteiger charge is -1.88. The van der Waals surface area contributed by atoms with Crippen LogP contribution in [-0.2, 0) is 10.8 Å². The average molecular weight is 160 g/mol. The van der Waals surface area contributed by atoms with Crippen LogP contribution in [-0.4, -0.2) is 9.96 Å². The summed E-state index contributed by atoms with van der Waals surface area (Å²) in [5.41, 5.74) is 0. The maximum Gasteiger partial charge on any atom is 0.0910 e. The van der Waals surface area contributed by atoms with Crippen LogP contribution in [0.3, 0.4) is 0 Å². The van der Waals surface area contributed by atoms with Crippen molar-refractivity contribution in [2.45, 2.75) is 11.1 Å². The van der Waals surface area contributed by atoms with Crippen molar-refractivity contribution in [2.75, 3.05) is 5.75 Å². The number of hydrogen-bond donors (Lipinski definition) is 0. The summed E-state index contributed by atoms with van der Waals surface area (Å²) in [6.07, 6.45) is 0. The van der Waals surface area contributed by atoms with Crippen molar-refractivity contribution in [3.05, 3.63) is 17.5 Å². The molecule has 1 aromatic heterocycles. The first kappa shape index (κ1) is 6.96. The van der Waals surface area contributed by atoms with Gasteiger partial charge in [-0.15, -0.1) is 11.3 Å². The fourth-order valence-corrected chi connectivity index (χ4v) is 2.45. The molecule has 3 heteroatoms. The van der Waals surface area contributed by atoms with E-state index in [1.54, 1.807) is 11.3 Å². The molecule has 0 saturated heterocycles. The Morgan fingerprint density at radius 2 is 2.56 bits per heavy atom. The zero-order chi connectivity index (χ0) is 6.69. The lowest BCUT2D eigenvalue weighted by Crippen LogP contribution is -1.88. The van der Waals surface area contributed by atoms with E-state index in [4.69, 9.17) is 0 Å². The van der Waals surface area contributed by atoms with Gasteiger partial charge in [-0.2, -0.15) is 0 Å². The Bertz CT molecular complexity index is 191. The van der Waals surface area contributed by atoms with Crippen molar-refractivity contribution in [3.8, 4) is 0 Å². The summed E-state index contributed by atoms with van der Waals surface area (Å²) in [6, 6.07) is 3.83. The first-order valence-electron chi connectivity index (χ1n) is 2.76. The molecule has 1 rings (SSSR count). The number of thiophene rings is 1. The molecule has 0 fully saturated rings. The maximum atomic E-state index is 11.0. The molecule has 1 atom stereocenters. The highest BCUT2D eigenvalue weighted by molar-refractivity contribution is 7.87. The predicted molar refractivity (Wildman–Crippen MR) is 41.3 cm³/mol. The Morgan fingerprint density at radius 1 is 1.78 bits per heavy atom. The Balaban J connectivity index is 2.77. The molecule has 1 nitrogen and oxygen atoms in total. The van der Waals surface area contributed by atoms with E-state index >= 15 is 0 Å². The second kappa shape index (κ2) is 3.13. The first-order chi connectivity index (χ1) is 4.34. The molecule has 0 aliphatic heterocycles. The first-order valence-corrected chi connectivity index (χ1v) is 4.96. The summed E-state index contributed by atoms with van der Waals surface area (Å²) in [4.78, 5) is 0. The summed E-state index contributed by atoms with van der Waals surface area (Å²) in [5.74, 6) is 0.723. The van der Waals surface area contributed by atoms with Crippen molar-refractivity contribution in [2.24, 2.45) is 0 Å². The zero-order valence-electron chi connectivity index (χ0n) is 5.16. The fraction of sp³-hybridized carbons (Fsp3) is 0.333. The van der Waals surface area contributed by atoms with Gasteiger partial charge >= 0.3 is 0 Å². The second-order valence-electron chi connectivity index (χ2n) is 1.57. The van der Waals surface area contributed by atoms with Crippen LogP contribution in [0.2, 0.25) is 0 Å². The Morgan fingerprint density at radius 3 is 3.00 bits per heavy atom. The third-order valence-corrected chi connectivity index (χ3v) is 3.60. The molecule has 0 radical (unpaired) electrons. The minimum absolute atomic E-state index is 0.723. The van der Waals surface area contributed by atoms with Crippen LogP contribution in [0, 0.1) is 0 Å². The molecule has 1 aromatic rings. The van der Waals surface area contributed by atoms with Crippen LogP contribution in [0.1, 0.15) is 6.92 Å². The molecule has 0 aromatic carbocycles. The molecule has 9 heavy (non-hydrogen) atoms. The summed E-state index contributed by atoms with van der Waals surface area (Å²) in [6.45, 7) is 1.93. The van der Waals surface area contributed by atoms with Gasteiger partial charge in [-0.3, -0.25) is 4.21 Å². The summed E-state index contributed by atoms with van der Waals surface area (Å²) in [7, 11) is -0.741. The van der Waals surface area contributed by atoms with Crippen LogP contribution in [0.4, 0.5) is 0 Å². The molecule has 1 heterocycles. The van der Waals surface area contributed by atoms with Crippen LogP contribution < -0.4 is 0 Å². The van der Waals surface area contributed by atoms with E-state index in [1.165, 1.54) is 0 Å². The van der Waals surface area contributed by atoms with E-state index in [0.717, 1.165) is 9.96 Å². The molecule has 0 bridgehead atoms. The second-order valence-corrected chi connectivity index (χ2v) is 4.48. The van der Waals surface area contributed by atoms with Gasteiger partial charge in [-0.05, 0) is 11.4 Å². The van der Waals surface area contributed by atoms with Gasteiger partial charge in [0.1, 0.15) is 0 Å². The minimum Gasteiger partial charge on any atom is -0.254 e. The van der Waals surface area contributed by atoms with Gasteiger partial charge in [0.05, 0.1) is 15.0 Å². The number of hydrogen-bond acceptors (Lipinski definition) is 2. The van der Waals surface area contributed by atoms with Gasteiger partial charge in [0.25, 0.3) is 0 Å². The molecular weight excluding hydrogens is 152 g/mol. The van der Waals surface area contributed by atoms with E-state index in [9.17, 15) is 4.21 Å². The molecule has 0 spiro atoms. The van der Waals surface area contributed by atoms with Crippen molar-refractivity contribution in [3.63, 3.8) is 0 Å². The van der Waals surface area contributed by atoms with Crippen LogP contribution in [0.5, 0.6) is 0 Å². The van der Waals surface area contributed by atoms with E-state index in [-0.39, 0.29) is 0 Å². The van der Waals surface area contributed by atoms with Crippen molar-refractivity contribution in [1.82, 2.24) is 0 Å². The number of rotatable bonds is 2. The van der Waals surface area contributed by atoms with Gasteiger partial charge < -0.3 is 0 Å².